The van der Waals surface area contributed by atoms with Gasteiger partial charge in [0.25, 0.3) is 5.91 Å². The number of carbonyl (C=O) groups excluding carboxylic acids is 1. The minimum Gasteiger partial charge on any atom is -0.485 e. The van der Waals surface area contributed by atoms with E-state index in [-0.39, 0.29) is 5.91 Å². The van der Waals surface area contributed by atoms with Crippen LogP contribution in [-0.2, 0) is 6.61 Å². The minimum atomic E-state index is -0.0144. The van der Waals surface area contributed by atoms with Crippen LogP contribution in [-0.4, -0.2) is 46.5 Å². The summed E-state index contributed by atoms with van der Waals surface area (Å²) < 4.78 is 7.79. The fourth-order valence-electron chi connectivity index (χ4n) is 3.78. The molecule has 0 saturated carbocycles. The SMILES string of the molecule is O=C(c1ncn2c1COc1ccccc1-2)N1CCN(c2ccccc2)CC1. The third kappa shape index (κ3) is 2.73. The zero-order valence-corrected chi connectivity index (χ0v) is 14.9. The van der Waals surface area contributed by atoms with Crippen LogP contribution in [0.4, 0.5) is 5.69 Å². The fourth-order valence-corrected chi connectivity index (χ4v) is 3.78. The number of nitrogens with zero attached hydrogens (tertiary/aromatic N) is 4. The van der Waals surface area contributed by atoms with Gasteiger partial charge >= 0.3 is 0 Å². The van der Waals surface area contributed by atoms with Crippen LogP contribution in [0.1, 0.15) is 16.2 Å². The van der Waals surface area contributed by atoms with Gasteiger partial charge in [0.2, 0.25) is 0 Å². The third-order valence-electron chi connectivity index (χ3n) is 5.25. The maximum absolute atomic E-state index is 13.1. The molecular weight excluding hydrogens is 340 g/mol. The maximum atomic E-state index is 13.1. The molecule has 0 atom stereocenters. The molecule has 2 aliphatic rings. The Bertz CT molecular complexity index is 975. The molecule has 2 aromatic carbocycles. The van der Waals surface area contributed by atoms with Gasteiger partial charge in [-0.15, -0.1) is 0 Å². The van der Waals surface area contributed by atoms with Gasteiger partial charge in [0.05, 0.1) is 11.4 Å². The van der Waals surface area contributed by atoms with Gasteiger partial charge in [-0.25, -0.2) is 4.98 Å². The Morgan fingerprint density at radius 3 is 2.48 bits per heavy atom. The maximum Gasteiger partial charge on any atom is 0.274 e. The van der Waals surface area contributed by atoms with E-state index in [4.69, 9.17) is 4.74 Å². The average molecular weight is 360 g/mol. The van der Waals surface area contributed by atoms with Gasteiger partial charge in [-0.2, -0.15) is 0 Å². The molecule has 0 spiro atoms. The highest BCUT2D eigenvalue weighted by Gasteiger charge is 2.29. The van der Waals surface area contributed by atoms with Gasteiger partial charge in [0.15, 0.2) is 5.69 Å². The van der Waals surface area contributed by atoms with Crippen LogP contribution in [0.5, 0.6) is 5.75 Å². The van der Waals surface area contributed by atoms with Crippen LogP contribution in [0.2, 0.25) is 0 Å². The zero-order valence-electron chi connectivity index (χ0n) is 14.9. The molecule has 3 aromatic rings. The summed E-state index contributed by atoms with van der Waals surface area (Å²) in [5.41, 5.74) is 3.45. The number of piperazine rings is 1. The summed E-state index contributed by atoms with van der Waals surface area (Å²) in [4.78, 5) is 21.7. The number of hydrogen-bond acceptors (Lipinski definition) is 4. The van der Waals surface area contributed by atoms with Gasteiger partial charge < -0.3 is 14.5 Å². The number of para-hydroxylation sites is 3. The molecule has 2 aliphatic heterocycles. The summed E-state index contributed by atoms with van der Waals surface area (Å²) in [7, 11) is 0. The van der Waals surface area contributed by atoms with E-state index in [0.29, 0.717) is 25.4 Å². The Balaban J connectivity index is 1.34. The van der Waals surface area contributed by atoms with E-state index >= 15 is 0 Å². The topological polar surface area (TPSA) is 50.6 Å². The van der Waals surface area contributed by atoms with Crippen LogP contribution in [0.25, 0.3) is 5.69 Å². The molecule has 1 amide bonds. The van der Waals surface area contributed by atoms with Crippen LogP contribution in [0.3, 0.4) is 0 Å². The first-order valence-electron chi connectivity index (χ1n) is 9.19. The second kappa shape index (κ2) is 6.46. The summed E-state index contributed by atoms with van der Waals surface area (Å²) in [6, 6.07) is 18.1. The Morgan fingerprint density at radius 1 is 0.926 bits per heavy atom. The van der Waals surface area contributed by atoms with Gasteiger partial charge in [0, 0.05) is 31.9 Å². The summed E-state index contributed by atoms with van der Waals surface area (Å²) in [5, 5.41) is 0. The molecule has 27 heavy (non-hydrogen) atoms. The molecule has 1 aromatic heterocycles. The predicted octanol–water partition coefficient (Wildman–Crippen LogP) is 2.73. The number of hydrogen-bond donors (Lipinski definition) is 0. The predicted molar refractivity (Wildman–Crippen MR) is 102 cm³/mol. The smallest absolute Gasteiger partial charge is 0.274 e. The van der Waals surface area contributed by atoms with E-state index in [1.807, 2.05) is 51.9 Å². The lowest BCUT2D eigenvalue weighted by Crippen LogP contribution is -2.49. The molecule has 6 heteroatoms. The number of imidazole rings is 1. The molecule has 0 bridgehead atoms. The van der Waals surface area contributed by atoms with Gasteiger partial charge in [0.1, 0.15) is 18.7 Å². The lowest BCUT2D eigenvalue weighted by Gasteiger charge is -2.36. The van der Waals surface area contributed by atoms with Crippen molar-refractivity contribution in [2.24, 2.45) is 0 Å². The highest BCUT2D eigenvalue weighted by atomic mass is 16.5. The standard InChI is InChI=1S/C21H20N4O2/c26-21(24-12-10-23(11-13-24)16-6-2-1-3-7-16)20-18-14-27-19-9-5-4-8-17(19)25(18)15-22-20/h1-9,15H,10-14H2. The van der Waals surface area contributed by atoms with Crippen LogP contribution < -0.4 is 9.64 Å². The quantitative estimate of drug-likeness (QED) is 0.705. The number of carbonyl (C=O) groups is 1. The highest BCUT2D eigenvalue weighted by Crippen LogP contribution is 2.31. The summed E-state index contributed by atoms with van der Waals surface area (Å²) in [5.74, 6) is 0.803. The number of aromatic nitrogens is 2. The summed E-state index contributed by atoms with van der Waals surface area (Å²) in [6.45, 7) is 3.40. The van der Waals surface area contributed by atoms with Crippen molar-refractivity contribution in [1.29, 1.82) is 0 Å². The first-order chi connectivity index (χ1) is 13.3. The van der Waals surface area contributed by atoms with Crippen molar-refractivity contribution >= 4 is 11.6 Å². The summed E-state index contributed by atoms with van der Waals surface area (Å²) in [6.07, 6.45) is 1.73. The highest BCUT2D eigenvalue weighted by molar-refractivity contribution is 5.94. The van der Waals surface area contributed by atoms with Crippen LogP contribution in [0.15, 0.2) is 60.9 Å². The number of amides is 1. The molecule has 0 aliphatic carbocycles. The molecule has 3 heterocycles. The Morgan fingerprint density at radius 2 is 1.67 bits per heavy atom. The lowest BCUT2D eigenvalue weighted by atomic mass is 10.2. The van der Waals surface area contributed by atoms with Crippen molar-refractivity contribution < 1.29 is 9.53 Å². The van der Waals surface area contributed by atoms with Gasteiger partial charge in [-0.1, -0.05) is 30.3 Å². The molecular formula is C21H20N4O2. The number of fused-ring (bicyclic) bond motifs is 3. The fraction of sp³-hybridized carbons (Fsp3) is 0.238. The van der Waals surface area contributed by atoms with E-state index in [9.17, 15) is 4.79 Å². The molecule has 136 valence electrons. The van der Waals surface area contributed by atoms with Crippen LogP contribution in [0, 0.1) is 0 Å². The van der Waals surface area contributed by atoms with E-state index in [0.717, 1.165) is 30.2 Å². The number of benzene rings is 2. The molecule has 6 nitrogen and oxygen atoms in total. The Hall–Kier alpha value is -3.28. The Kier molecular flexibility index (Phi) is 3.81. The molecule has 0 unspecified atom stereocenters. The van der Waals surface area contributed by atoms with Crippen molar-refractivity contribution in [3.05, 3.63) is 72.3 Å². The first kappa shape index (κ1) is 15.9. The largest absolute Gasteiger partial charge is 0.485 e. The second-order valence-corrected chi connectivity index (χ2v) is 6.78. The molecule has 0 N–H and O–H groups in total. The van der Waals surface area contributed by atoms with Crippen molar-refractivity contribution in [3.63, 3.8) is 0 Å². The molecule has 5 rings (SSSR count). The monoisotopic (exact) mass is 360 g/mol. The number of ether oxygens (including phenoxy) is 1. The normalized spacial score (nSPS) is 15.7. The number of rotatable bonds is 2. The molecule has 1 saturated heterocycles. The molecule has 0 radical (unpaired) electrons. The van der Waals surface area contributed by atoms with Gasteiger partial charge in [-0.05, 0) is 24.3 Å². The van der Waals surface area contributed by atoms with Crippen molar-refractivity contribution in [3.8, 4) is 11.4 Å². The van der Waals surface area contributed by atoms with Crippen molar-refractivity contribution in [2.45, 2.75) is 6.61 Å². The van der Waals surface area contributed by atoms with Gasteiger partial charge in [-0.3, -0.25) is 9.36 Å². The zero-order chi connectivity index (χ0) is 18.2. The van der Waals surface area contributed by atoms with E-state index < -0.39 is 0 Å². The third-order valence-corrected chi connectivity index (χ3v) is 5.25. The lowest BCUT2D eigenvalue weighted by molar-refractivity contribution is 0.0738. The average Bonchev–Trinajstić information content (AvgIpc) is 3.19. The van der Waals surface area contributed by atoms with E-state index in [1.54, 1.807) is 6.33 Å². The van der Waals surface area contributed by atoms with Crippen molar-refractivity contribution in [1.82, 2.24) is 14.5 Å². The molecule has 1 fully saturated rings. The summed E-state index contributed by atoms with van der Waals surface area (Å²) >= 11 is 0. The number of anilines is 1. The van der Waals surface area contributed by atoms with E-state index in [2.05, 4.69) is 22.0 Å². The van der Waals surface area contributed by atoms with Crippen LogP contribution >= 0.6 is 0 Å². The second-order valence-electron chi connectivity index (χ2n) is 6.78. The Labute approximate surface area is 157 Å². The van der Waals surface area contributed by atoms with Crippen molar-refractivity contribution in [2.75, 3.05) is 31.1 Å². The van der Waals surface area contributed by atoms with E-state index in [1.165, 1.54) is 5.69 Å². The first-order valence-corrected chi connectivity index (χ1v) is 9.19. The minimum absolute atomic E-state index is 0.0144.